The van der Waals surface area contributed by atoms with Crippen molar-refractivity contribution < 1.29 is 4.79 Å². The van der Waals surface area contributed by atoms with Gasteiger partial charge in [-0.05, 0) is 56.9 Å². The predicted octanol–water partition coefficient (Wildman–Crippen LogP) is 3.46. The van der Waals surface area contributed by atoms with Crippen LogP contribution < -0.4 is 4.90 Å². The summed E-state index contributed by atoms with van der Waals surface area (Å²) in [6.07, 6.45) is 6.17. The van der Waals surface area contributed by atoms with Crippen LogP contribution in [0.2, 0.25) is 0 Å². The number of rotatable bonds is 3. The van der Waals surface area contributed by atoms with Gasteiger partial charge in [0, 0.05) is 62.1 Å². The SMILES string of the molecule is Cc1ccc2cc(N3CC[C@@H](C(=O)N4CCCN(C5CCC5)CC4)C3)ccc2n1. The molecular formula is C24H32N4O. The van der Waals surface area contributed by atoms with Crippen LogP contribution in [0.3, 0.4) is 0 Å². The number of carbonyl (C=O) groups excluding carboxylic acids is 1. The fourth-order valence-corrected chi connectivity index (χ4v) is 5.14. The lowest BCUT2D eigenvalue weighted by molar-refractivity contribution is -0.134. The fraction of sp³-hybridized carbons (Fsp3) is 0.583. The van der Waals surface area contributed by atoms with Crippen LogP contribution >= 0.6 is 0 Å². The molecule has 1 atom stereocenters. The van der Waals surface area contributed by atoms with Gasteiger partial charge in [-0.15, -0.1) is 0 Å². The van der Waals surface area contributed by atoms with E-state index >= 15 is 0 Å². The first-order valence-electron chi connectivity index (χ1n) is 11.3. The Kier molecular flexibility index (Phi) is 5.17. The fourth-order valence-electron chi connectivity index (χ4n) is 5.14. The molecule has 3 aliphatic rings. The van der Waals surface area contributed by atoms with E-state index in [1.807, 2.05) is 6.92 Å². The molecule has 1 aromatic carbocycles. The molecule has 5 rings (SSSR count). The van der Waals surface area contributed by atoms with Gasteiger partial charge in [-0.3, -0.25) is 14.7 Å². The summed E-state index contributed by atoms with van der Waals surface area (Å²) in [4.78, 5) is 25.0. The van der Waals surface area contributed by atoms with E-state index in [2.05, 4.69) is 50.0 Å². The van der Waals surface area contributed by atoms with Gasteiger partial charge in [-0.25, -0.2) is 0 Å². The van der Waals surface area contributed by atoms with Crippen LogP contribution in [0.1, 0.15) is 37.8 Å². The summed E-state index contributed by atoms with van der Waals surface area (Å²) in [5.41, 5.74) is 3.30. The van der Waals surface area contributed by atoms with E-state index in [0.717, 1.165) is 69.4 Å². The summed E-state index contributed by atoms with van der Waals surface area (Å²) >= 11 is 0. The van der Waals surface area contributed by atoms with E-state index in [4.69, 9.17) is 0 Å². The Labute approximate surface area is 173 Å². The molecule has 0 unspecified atom stereocenters. The molecule has 0 radical (unpaired) electrons. The number of aromatic nitrogens is 1. The van der Waals surface area contributed by atoms with Gasteiger partial charge in [0.2, 0.25) is 5.91 Å². The van der Waals surface area contributed by atoms with Crippen LogP contribution in [0.15, 0.2) is 30.3 Å². The minimum absolute atomic E-state index is 0.136. The molecule has 2 aromatic rings. The normalized spacial score (nSPS) is 24.0. The molecule has 1 amide bonds. The van der Waals surface area contributed by atoms with Gasteiger partial charge in [0.15, 0.2) is 0 Å². The summed E-state index contributed by atoms with van der Waals surface area (Å²) in [6.45, 7) is 7.89. The molecule has 1 saturated carbocycles. The van der Waals surface area contributed by atoms with Crippen LogP contribution in [0.5, 0.6) is 0 Å². The number of hydrogen-bond acceptors (Lipinski definition) is 4. The Morgan fingerprint density at radius 1 is 0.966 bits per heavy atom. The Morgan fingerprint density at radius 3 is 2.69 bits per heavy atom. The van der Waals surface area contributed by atoms with Gasteiger partial charge >= 0.3 is 0 Å². The predicted molar refractivity (Wildman–Crippen MR) is 117 cm³/mol. The number of hydrogen-bond donors (Lipinski definition) is 0. The van der Waals surface area contributed by atoms with Gasteiger partial charge in [-0.1, -0.05) is 12.5 Å². The van der Waals surface area contributed by atoms with Crippen molar-refractivity contribution in [1.82, 2.24) is 14.8 Å². The highest BCUT2D eigenvalue weighted by atomic mass is 16.2. The van der Waals surface area contributed by atoms with Crippen molar-refractivity contribution in [1.29, 1.82) is 0 Å². The Morgan fingerprint density at radius 2 is 1.86 bits per heavy atom. The number of carbonyl (C=O) groups is 1. The molecule has 3 heterocycles. The summed E-state index contributed by atoms with van der Waals surface area (Å²) in [6, 6.07) is 11.5. The Balaban J connectivity index is 1.22. The zero-order chi connectivity index (χ0) is 19.8. The van der Waals surface area contributed by atoms with Crippen LogP contribution in [0.25, 0.3) is 10.9 Å². The first-order valence-corrected chi connectivity index (χ1v) is 11.3. The minimum Gasteiger partial charge on any atom is -0.371 e. The number of pyridine rings is 1. The average Bonchev–Trinajstić information content (AvgIpc) is 3.06. The maximum absolute atomic E-state index is 13.2. The molecule has 29 heavy (non-hydrogen) atoms. The zero-order valence-electron chi connectivity index (χ0n) is 17.5. The largest absolute Gasteiger partial charge is 0.371 e. The Hall–Kier alpha value is -2.14. The molecule has 1 aliphatic carbocycles. The second-order valence-electron chi connectivity index (χ2n) is 9.06. The van der Waals surface area contributed by atoms with Gasteiger partial charge in [0.25, 0.3) is 0 Å². The van der Waals surface area contributed by atoms with E-state index in [0.29, 0.717) is 5.91 Å². The van der Waals surface area contributed by atoms with Crippen molar-refractivity contribution in [3.63, 3.8) is 0 Å². The van der Waals surface area contributed by atoms with Crippen molar-refractivity contribution in [2.45, 2.75) is 45.1 Å². The van der Waals surface area contributed by atoms with Crippen molar-refractivity contribution >= 4 is 22.5 Å². The van der Waals surface area contributed by atoms with Crippen LogP contribution in [0.4, 0.5) is 5.69 Å². The van der Waals surface area contributed by atoms with E-state index in [9.17, 15) is 4.79 Å². The highest BCUT2D eigenvalue weighted by molar-refractivity contribution is 5.84. The van der Waals surface area contributed by atoms with Crippen LogP contribution in [-0.2, 0) is 4.79 Å². The molecular weight excluding hydrogens is 360 g/mol. The van der Waals surface area contributed by atoms with E-state index < -0.39 is 0 Å². The maximum atomic E-state index is 13.2. The van der Waals surface area contributed by atoms with Gasteiger partial charge in [0.05, 0.1) is 11.4 Å². The summed E-state index contributed by atoms with van der Waals surface area (Å²) in [7, 11) is 0. The quantitative estimate of drug-likeness (QED) is 0.802. The number of anilines is 1. The lowest BCUT2D eigenvalue weighted by atomic mass is 9.91. The van der Waals surface area contributed by atoms with E-state index in [-0.39, 0.29) is 5.92 Å². The average molecular weight is 393 g/mol. The van der Waals surface area contributed by atoms with Crippen molar-refractivity contribution in [3.05, 3.63) is 36.0 Å². The lowest BCUT2D eigenvalue weighted by Gasteiger charge is -2.36. The van der Waals surface area contributed by atoms with Crippen molar-refractivity contribution in [3.8, 4) is 0 Å². The first-order chi connectivity index (χ1) is 14.2. The second-order valence-corrected chi connectivity index (χ2v) is 9.06. The molecule has 2 aliphatic heterocycles. The number of aryl methyl sites for hydroxylation is 1. The summed E-state index contributed by atoms with van der Waals surface area (Å²) in [5, 5.41) is 1.17. The number of fused-ring (bicyclic) bond motifs is 1. The molecule has 0 N–H and O–H groups in total. The molecule has 0 bridgehead atoms. The maximum Gasteiger partial charge on any atom is 0.227 e. The van der Waals surface area contributed by atoms with E-state index in [1.54, 1.807) is 0 Å². The third kappa shape index (κ3) is 3.85. The first kappa shape index (κ1) is 18.9. The van der Waals surface area contributed by atoms with Gasteiger partial charge < -0.3 is 9.80 Å². The monoisotopic (exact) mass is 392 g/mol. The molecule has 154 valence electrons. The minimum atomic E-state index is 0.136. The second kappa shape index (κ2) is 7.94. The van der Waals surface area contributed by atoms with Crippen molar-refractivity contribution in [2.24, 2.45) is 5.92 Å². The molecule has 1 aromatic heterocycles. The van der Waals surface area contributed by atoms with Gasteiger partial charge in [0.1, 0.15) is 0 Å². The van der Waals surface area contributed by atoms with Crippen LogP contribution in [0, 0.1) is 12.8 Å². The third-order valence-corrected chi connectivity index (χ3v) is 7.15. The van der Waals surface area contributed by atoms with E-state index in [1.165, 1.54) is 30.3 Å². The number of benzene rings is 1. The van der Waals surface area contributed by atoms with Crippen molar-refractivity contribution in [2.75, 3.05) is 44.2 Å². The number of amides is 1. The Bertz CT molecular complexity index is 894. The van der Waals surface area contributed by atoms with Crippen LogP contribution in [-0.4, -0.2) is 66.0 Å². The third-order valence-electron chi connectivity index (χ3n) is 7.15. The zero-order valence-corrected chi connectivity index (χ0v) is 17.5. The molecule has 5 nitrogen and oxygen atoms in total. The van der Waals surface area contributed by atoms with Gasteiger partial charge in [-0.2, -0.15) is 0 Å². The standard InChI is InChI=1S/C24H32N4O/c1-18-6-7-19-16-22(8-9-23(19)25-18)28-13-10-20(17-28)24(29)27-12-3-11-26(14-15-27)21-4-2-5-21/h6-9,16,20-21H,2-5,10-15,17H2,1H3/t20-/m1/s1. The molecule has 3 fully saturated rings. The summed E-state index contributed by atoms with van der Waals surface area (Å²) < 4.78 is 0. The smallest absolute Gasteiger partial charge is 0.227 e. The molecule has 5 heteroatoms. The lowest BCUT2D eigenvalue weighted by Crippen LogP contribution is -2.43. The highest BCUT2D eigenvalue weighted by Gasteiger charge is 2.33. The topological polar surface area (TPSA) is 39.7 Å². The summed E-state index contributed by atoms with van der Waals surface area (Å²) in [5.74, 6) is 0.512. The molecule has 0 spiro atoms. The number of nitrogens with zero attached hydrogens (tertiary/aromatic N) is 4. The highest BCUT2D eigenvalue weighted by Crippen LogP contribution is 2.29. The molecule has 2 saturated heterocycles.